The number of aryl methyl sites for hydroxylation is 1. The molecule has 1 saturated heterocycles. The minimum atomic E-state index is -1.15. The minimum absolute atomic E-state index is 0.115. The maximum atomic E-state index is 12.0. The molecule has 0 radical (unpaired) electrons. The second-order valence-electron chi connectivity index (χ2n) is 3.54. The van der Waals surface area contributed by atoms with E-state index in [4.69, 9.17) is 11.6 Å². The van der Waals surface area contributed by atoms with Gasteiger partial charge in [-0.2, -0.15) is 0 Å². The Morgan fingerprint density at radius 2 is 2.47 bits per heavy atom. The third kappa shape index (κ3) is 2.35. The van der Waals surface area contributed by atoms with Crippen molar-refractivity contribution < 1.29 is 4.21 Å². The SMILES string of the molecule is Cc1cnc([S@](=O)[C@H]2CCNC2)nc1Cl. The van der Waals surface area contributed by atoms with Crippen LogP contribution in [0.15, 0.2) is 11.4 Å². The van der Waals surface area contributed by atoms with Crippen molar-refractivity contribution in [2.45, 2.75) is 23.8 Å². The molecule has 0 aromatic carbocycles. The third-order valence-corrected chi connectivity index (χ3v) is 4.33. The molecule has 1 aliphatic rings. The van der Waals surface area contributed by atoms with Crippen LogP contribution >= 0.6 is 11.6 Å². The van der Waals surface area contributed by atoms with Crippen molar-refractivity contribution in [3.8, 4) is 0 Å². The zero-order chi connectivity index (χ0) is 10.8. The molecule has 0 unspecified atom stereocenters. The molecule has 1 aromatic heterocycles. The van der Waals surface area contributed by atoms with Crippen LogP contribution in [0.2, 0.25) is 5.15 Å². The zero-order valence-corrected chi connectivity index (χ0v) is 9.94. The number of hydrogen-bond acceptors (Lipinski definition) is 4. The van der Waals surface area contributed by atoms with Crippen LogP contribution in [-0.2, 0) is 10.8 Å². The number of aromatic nitrogens is 2. The first-order valence-electron chi connectivity index (χ1n) is 4.79. The van der Waals surface area contributed by atoms with Gasteiger partial charge in [0.05, 0.1) is 16.0 Å². The van der Waals surface area contributed by atoms with E-state index in [2.05, 4.69) is 15.3 Å². The summed E-state index contributed by atoms with van der Waals surface area (Å²) in [5, 5.41) is 4.02. The Labute approximate surface area is 95.9 Å². The topological polar surface area (TPSA) is 54.9 Å². The summed E-state index contributed by atoms with van der Waals surface area (Å²) < 4.78 is 12.0. The first kappa shape index (κ1) is 11.0. The second-order valence-corrected chi connectivity index (χ2v) is 5.52. The van der Waals surface area contributed by atoms with E-state index >= 15 is 0 Å². The first-order valence-corrected chi connectivity index (χ1v) is 6.38. The molecular weight excluding hydrogens is 234 g/mol. The van der Waals surface area contributed by atoms with E-state index in [1.165, 1.54) is 0 Å². The quantitative estimate of drug-likeness (QED) is 0.622. The highest BCUT2D eigenvalue weighted by atomic mass is 35.5. The minimum Gasteiger partial charge on any atom is -0.315 e. The van der Waals surface area contributed by atoms with Crippen LogP contribution in [0, 0.1) is 6.92 Å². The molecule has 1 fully saturated rings. The smallest absolute Gasteiger partial charge is 0.220 e. The van der Waals surface area contributed by atoms with Crippen LogP contribution in [0.1, 0.15) is 12.0 Å². The molecule has 1 aliphatic heterocycles. The summed E-state index contributed by atoms with van der Waals surface area (Å²) >= 11 is 5.86. The van der Waals surface area contributed by atoms with Crippen LogP contribution in [0.5, 0.6) is 0 Å². The van der Waals surface area contributed by atoms with E-state index in [1.54, 1.807) is 6.20 Å². The van der Waals surface area contributed by atoms with Crippen LogP contribution in [-0.4, -0.2) is 32.5 Å². The highest BCUT2D eigenvalue weighted by Crippen LogP contribution is 2.16. The zero-order valence-electron chi connectivity index (χ0n) is 8.36. The van der Waals surface area contributed by atoms with Crippen molar-refractivity contribution in [2.75, 3.05) is 13.1 Å². The summed E-state index contributed by atoms with van der Waals surface area (Å²) in [6.07, 6.45) is 2.52. The summed E-state index contributed by atoms with van der Waals surface area (Å²) in [5.74, 6) is 0. The molecule has 0 aliphatic carbocycles. The fourth-order valence-electron chi connectivity index (χ4n) is 1.46. The van der Waals surface area contributed by atoms with Crippen molar-refractivity contribution in [3.63, 3.8) is 0 Å². The van der Waals surface area contributed by atoms with E-state index in [0.717, 1.165) is 25.1 Å². The Bertz CT molecular complexity index is 393. The Kier molecular flexibility index (Phi) is 3.33. The summed E-state index contributed by atoms with van der Waals surface area (Å²) in [4.78, 5) is 8.10. The lowest BCUT2D eigenvalue weighted by Crippen LogP contribution is -2.20. The average Bonchev–Trinajstić information content (AvgIpc) is 2.74. The maximum absolute atomic E-state index is 12.0. The summed E-state index contributed by atoms with van der Waals surface area (Å²) in [6.45, 7) is 3.50. The summed E-state index contributed by atoms with van der Waals surface area (Å²) in [5.41, 5.74) is 0.807. The van der Waals surface area contributed by atoms with E-state index in [-0.39, 0.29) is 5.25 Å². The molecule has 2 heterocycles. The predicted molar refractivity (Wildman–Crippen MR) is 59.5 cm³/mol. The van der Waals surface area contributed by atoms with Crippen molar-refractivity contribution in [2.24, 2.45) is 0 Å². The molecule has 1 N–H and O–H groups in total. The lowest BCUT2D eigenvalue weighted by molar-refractivity contribution is 0.664. The second kappa shape index (κ2) is 4.55. The molecule has 0 amide bonds. The van der Waals surface area contributed by atoms with Gasteiger partial charge in [-0.1, -0.05) is 11.6 Å². The molecule has 2 rings (SSSR count). The van der Waals surface area contributed by atoms with Crippen molar-refractivity contribution in [1.82, 2.24) is 15.3 Å². The van der Waals surface area contributed by atoms with Gasteiger partial charge in [-0.3, -0.25) is 4.21 Å². The highest BCUT2D eigenvalue weighted by Gasteiger charge is 2.24. The molecule has 6 heteroatoms. The van der Waals surface area contributed by atoms with Crippen molar-refractivity contribution in [1.29, 1.82) is 0 Å². The van der Waals surface area contributed by atoms with E-state index < -0.39 is 10.8 Å². The normalized spacial score (nSPS) is 22.9. The van der Waals surface area contributed by atoms with Gasteiger partial charge < -0.3 is 5.32 Å². The Balaban J connectivity index is 2.21. The average molecular weight is 246 g/mol. The lowest BCUT2D eigenvalue weighted by atomic mass is 10.4. The Morgan fingerprint density at radius 1 is 1.67 bits per heavy atom. The molecule has 4 nitrogen and oxygen atoms in total. The van der Waals surface area contributed by atoms with Crippen LogP contribution in [0.4, 0.5) is 0 Å². The van der Waals surface area contributed by atoms with Crippen LogP contribution < -0.4 is 5.32 Å². The fraction of sp³-hybridized carbons (Fsp3) is 0.556. The van der Waals surface area contributed by atoms with E-state index in [9.17, 15) is 4.21 Å². The standard InChI is InChI=1S/C9H12ClN3OS/c1-6-4-12-9(13-8(6)10)15(14)7-2-3-11-5-7/h4,7,11H,2-3,5H2,1H3/t7-,15+/m0/s1. The molecular formula is C9H12ClN3OS. The van der Waals surface area contributed by atoms with Gasteiger partial charge in [-0.15, -0.1) is 0 Å². The predicted octanol–water partition coefficient (Wildman–Crippen LogP) is 0.908. The molecule has 0 bridgehead atoms. The fourth-order valence-corrected chi connectivity index (χ4v) is 2.88. The number of rotatable bonds is 2. The van der Waals surface area contributed by atoms with Gasteiger partial charge in [0.2, 0.25) is 5.16 Å². The van der Waals surface area contributed by atoms with Gasteiger partial charge in [0.25, 0.3) is 0 Å². The molecule has 0 spiro atoms. The molecule has 1 aromatic rings. The van der Waals surface area contributed by atoms with Crippen LogP contribution in [0.25, 0.3) is 0 Å². The number of nitrogens with one attached hydrogen (secondary N) is 1. The van der Waals surface area contributed by atoms with Gasteiger partial charge in [0.15, 0.2) is 0 Å². The van der Waals surface area contributed by atoms with E-state index in [0.29, 0.717) is 10.3 Å². The largest absolute Gasteiger partial charge is 0.315 e. The monoisotopic (exact) mass is 245 g/mol. The van der Waals surface area contributed by atoms with Gasteiger partial charge in [-0.05, 0) is 19.9 Å². The van der Waals surface area contributed by atoms with Crippen LogP contribution in [0.3, 0.4) is 0 Å². The third-order valence-electron chi connectivity index (χ3n) is 2.39. The van der Waals surface area contributed by atoms with Gasteiger partial charge in [0.1, 0.15) is 5.15 Å². The lowest BCUT2D eigenvalue weighted by Gasteiger charge is -2.07. The molecule has 2 atom stereocenters. The number of hydrogen-bond donors (Lipinski definition) is 1. The molecule has 82 valence electrons. The number of halogens is 1. The van der Waals surface area contributed by atoms with Gasteiger partial charge >= 0.3 is 0 Å². The Morgan fingerprint density at radius 3 is 3.07 bits per heavy atom. The van der Waals surface area contributed by atoms with Crippen molar-refractivity contribution >= 4 is 22.4 Å². The van der Waals surface area contributed by atoms with Gasteiger partial charge in [0, 0.05) is 18.3 Å². The summed E-state index contributed by atoms with van der Waals surface area (Å²) in [6, 6.07) is 0. The highest BCUT2D eigenvalue weighted by molar-refractivity contribution is 7.85. The number of nitrogens with zero attached hydrogens (tertiary/aromatic N) is 2. The van der Waals surface area contributed by atoms with Gasteiger partial charge in [-0.25, -0.2) is 9.97 Å². The molecule has 0 saturated carbocycles. The summed E-state index contributed by atoms with van der Waals surface area (Å²) in [7, 11) is -1.15. The Hall–Kier alpha value is -0.520. The maximum Gasteiger partial charge on any atom is 0.220 e. The molecule has 15 heavy (non-hydrogen) atoms. The first-order chi connectivity index (χ1) is 7.18. The van der Waals surface area contributed by atoms with Crippen molar-refractivity contribution in [3.05, 3.63) is 16.9 Å². The van der Waals surface area contributed by atoms with E-state index in [1.807, 2.05) is 6.92 Å².